The standard InChI is InChI=1S/C12H13ClN2O2.C6H6O2S/c1-12(2,3)17-11(16)9-6-8-7(14-9)4-5-10(13)15-8;7-9(8)6-4-2-1-3-5-6/h4-6,14H,1-3H3;1-5H,(H,7,8)/p-1. The lowest BCUT2D eigenvalue weighted by Gasteiger charge is -2.18. The quantitative estimate of drug-likeness (QED) is 0.402. The Morgan fingerprint density at radius 2 is 1.85 bits per heavy atom. The van der Waals surface area contributed by atoms with E-state index in [1.54, 1.807) is 48.5 Å². The van der Waals surface area contributed by atoms with Crippen molar-refractivity contribution in [3.05, 3.63) is 59.4 Å². The van der Waals surface area contributed by atoms with Crippen molar-refractivity contribution in [2.24, 2.45) is 0 Å². The van der Waals surface area contributed by atoms with Crippen LogP contribution in [0.25, 0.3) is 11.0 Å². The number of esters is 1. The predicted molar refractivity (Wildman–Crippen MR) is 99.9 cm³/mol. The molecule has 0 bridgehead atoms. The highest BCUT2D eigenvalue weighted by atomic mass is 35.5. The molecule has 0 amide bonds. The molecule has 0 radical (unpaired) electrons. The number of carbonyl (C=O) groups excluding carboxylic acids is 1. The number of hydrogen-bond donors (Lipinski definition) is 1. The van der Waals surface area contributed by atoms with Gasteiger partial charge in [-0.15, -0.1) is 0 Å². The molecular weight excluding hydrogens is 376 g/mol. The number of nitrogens with one attached hydrogen (secondary N) is 1. The molecule has 8 heteroatoms. The van der Waals surface area contributed by atoms with Gasteiger partial charge in [-0.3, -0.25) is 4.21 Å². The molecule has 3 rings (SSSR count). The molecule has 0 saturated heterocycles. The number of hydrogen-bond acceptors (Lipinski definition) is 5. The third-order valence-electron chi connectivity index (χ3n) is 3.00. The number of nitrogens with zero attached hydrogens (tertiary/aromatic N) is 1. The fourth-order valence-electron chi connectivity index (χ4n) is 1.96. The van der Waals surface area contributed by atoms with Gasteiger partial charge in [-0.2, -0.15) is 0 Å². The topological polar surface area (TPSA) is 95.1 Å². The Balaban J connectivity index is 0.000000228. The minimum Gasteiger partial charge on any atom is -0.768 e. The summed E-state index contributed by atoms with van der Waals surface area (Å²) < 4.78 is 25.7. The monoisotopic (exact) mass is 393 g/mol. The zero-order valence-corrected chi connectivity index (χ0v) is 16.1. The van der Waals surface area contributed by atoms with Crippen molar-refractivity contribution in [2.45, 2.75) is 31.3 Å². The van der Waals surface area contributed by atoms with Crippen LogP contribution in [-0.4, -0.2) is 30.3 Å². The summed E-state index contributed by atoms with van der Waals surface area (Å²) in [6, 6.07) is 13.3. The average Bonchev–Trinajstić information content (AvgIpc) is 2.98. The van der Waals surface area contributed by atoms with E-state index in [2.05, 4.69) is 9.97 Å². The van der Waals surface area contributed by atoms with Crippen LogP contribution in [0.2, 0.25) is 5.15 Å². The molecule has 3 aromatic rings. The maximum Gasteiger partial charge on any atom is 0.355 e. The number of aromatic amines is 1. The molecule has 2 aromatic heterocycles. The van der Waals surface area contributed by atoms with Crippen molar-refractivity contribution in [1.82, 2.24) is 9.97 Å². The number of halogens is 1. The lowest BCUT2D eigenvalue weighted by atomic mass is 10.2. The molecule has 26 heavy (non-hydrogen) atoms. The van der Waals surface area contributed by atoms with Gasteiger partial charge in [-0.25, -0.2) is 9.78 Å². The van der Waals surface area contributed by atoms with Crippen LogP contribution in [-0.2, 0) is 15.8 Å². The van der Waals surface area contributed by atoms with Crippen LogP contribution in [0.3, 0.4) is 0 Å². The number of fused-ring (bicyclic) bond motifs is 1. The van der Waals surface area contributed by atoms with E-state index in [-0.39, 0.29) is 0 Å². The van der Waals surface area contributed by atoms with Crippen LogP contribution in [0.4, 0.5) is 0 Å². The van der Waals surface area contributed by atoms with E-state index < -0.39 is 22.7 Å². The molecule has 0 fully saturated rings. The molecule has 0 saturated carbocycles. The summed E-state index contributed by atoms with van der Waals surface area (Å²) in [7, 11) is 0. The molecule has 1 unspecified atom stereocenters. The van der Waals surface area contributed by atoms with Crippen molar-refractivity contribution >= 4 is 39.7 Å². The van der Waals surface area contributed by atoms with Gasteiger partial charge in [0.05, 0.1) is 11.0 Å². The Labute approximate surface area is 158 Å². The Bertz CT molecular complexity index is 920. The van der Waals surface area contributed by atoms with E-state index in [1.165, 1.54) is 0 Å². The van der Waals surface area contributed by atoms with Crippen LogP contribution in [0.5, 0.6) is 0 Å². The van der Waals surface area contributed by atoms with E-state index in [9.17, 15) is 13.6 Å². The van der Waals surface area contributed by atoms with Gasteiger partial charge in [0, 0.05) is 4.90 Å². The van der Waals surface area contributed by atoms with Crippen molar-refractivity contribution in [3.63, 3.8) is 0 Å². The number of ether oxygens (including phenoxy) is 1. The Morgan fingerprint density at radius 1 is 1.19 bits per heavy atom. The van der Waals surface area contributed by atoms with E-state index >= 15 is 0 Å². The van der Waals surface area contributed by atoms with Gasteiger partial charge in [0.2, 0.25) is 0 Å². The summed E-state index contributed by atoms with van der Waals surface area (Å²) in [6.45, 7) is 5.47. The molecule has 0 aliphatic heterocycles. The van der Waals surface area contributed by atoms with Crippen LogP contribution < -0.4 is 0 Å². The Hall–Kier alpha value is -2.22. The summed E-state index contributed by atoms with van der Waals surface area (Å²) in [4.78, 5) is 19.2. The summed E-state index contributed by atoms with van der Waals surface area (Å²) in [5.74, 6) is -0.397. The molecule has 1 N–H and O–H groups in total. The van der Waals surface area contributed by atoms with Gasteiger partial charge >= 0.3 is 5.97 Å². The average molecular weight is 394 g/mol. The predicted octanol–water partition coefficient (Wildman–Crippen LogP) is 4.10. The summed E-state index contributed by atoms with van der Waals surface area (Å²) >= 11 is 3.69. The van der Waals surface area contributed by atoms with Crippen molar-refractivity contribution in [3.8, 4) is 0 Å². The Morgan fingerprint density at radius 3 is 2.38 bits per heavy atom. The van der Waals surface area contributed by atoms with E-state index in [0.717, 1.165) is 5.52 Å². The van der Waals surface area contributed by atoms with Gasteiger partial charge in [0.15, 0.2) is 0 Å². The third-order valence-corrected chi connectivity index (χ3v) is 3.86. The molecular formula is C18H18ClN2O4S-. The summed E-state index contributed by atoms with van der Waals surface area (Å²) in [6.07, 6.45) is 0. The first-order valence-electron chi connectivity index (χ1n) is 7.68. The molecule has 0 spiro atoms. The lowest BCUT2D eigenvalue weighted by molar-refractivity contribution is 0.00638. The second-order valence-corrected chi connectivity index (χ2v) is 7.63. The molecule has 1 aromatic carbocycles. The minimum absolute atomic E-state index is 0.331. The molecule has 6 nitrogen and oxygen atoms in total. The molecule has 0 aliphatic carbocycles. The van der Waals surface area contributed by atoms with Gasteiger partial charge in [0.1, 0.15) is 16.4 Å². The summed E-state index contributed by atoms with van der Waals surface area (Å²) in [5, 5.41) is 0.396. The maximum absolute atomic E-state index is 11.8. The fourth-order valence-corrected chi connectivity index (χ4v) is 2.49. The van der Waals surface area contributed by atoms with E-state index in [4.69, 9.17) is 16.3 Å². The highest BCUT2D eigenvalue weighted by Crippen LogP contribution is 2.18. The van der Waals surface area contributed by atoms with Gasteiger partial charge in [-0.05, 0) is 62.2 Å². The van der Waals surface area contributed by atoms with Crippen molar-refractivity contribution < 1.29 is 18.3 Å². The number of benzene rings is 1. The molecule has 138 valence electrons. The molecule has 0 aliphatic rings. The zero-order valence-electron chi connectivity index (χ0n) is 14.5. The highest BCUT2D eigenvalue weighted by Gasteiger charge is 2.19. The normalized spacial score (nSPS) is 12.2. The summed E-state index contributed by atoms with van der Waals surface area (Å²) in [5.41, 5.74) is 1.28. The Kier molecular flexibility index (Phi) is 6.52. The van der Waals surface area contributed by atoms with Crippen LogP contribution in [0.1, 0.15) is 31.3 Å². The zero-order chi connectivity index (χ0) is 19.3. The highest BCUT2D eigenvalue weighted by molar-refractivity contribution is 7.79. The van der Waals surface area contributed by atoms with Crippen LogP contribution in [0, 0.1) is 0 Å². The van der Waals surface area contributed by atoms with Crippen molar-refractivity contribution in [1.29, 1.82) is 0 Å². The number of pyridine rings is 1. The van der Waals surface area contributed by atoms with E-state index in [1.807, 2.05) is 20.8 Å². The number of rotatable bonds is 2. The lowest BCUT2D eigenvalue weighted by Crippen LogP contribution is -2.24. The number of H-pyrrole nitrogens is 1. The van der Waals surface area contributed by atoms with Gasteiger partial charge in [0.25, 0.3) is 0 Å². The number of carbonyl (C=O) groups is 1. The van der Waals surface area contributed by atoms with Gasteiger partial charge < -0.3 is 14.3 Å². The second-order valence-electron chi connectivity index (χ2n) is 6.30. The molecule has 1 atom stereocenters. The smallest absolute Gasteiger partial charge is 0.355 e. The maximum atomic E-state index is 11.8. The fraction of sp³-hybridized carbons (Fsp3) is 0.222. The minimum atomic E-state index is -2.08. The SMILES string of the molecule is CC(C)(C)OC(=O)c1cc2nc(Cl)ccc2[nH]1.O=S([O-])c1ccccc1. The molecule has 2 heterocycles. The van der Waals surface area contributed by atoms with Crippen LogP contribution >= 0.6 is 11.6 Å². The largest absolute Gasteiger partial charge is 0.768 e. The first-order valence-corrected chi connectivity index (χ1v) is 9.14. The first kappa shape index (κ1) is 20.1. The number of aromatic nitrogens is 2. The van der Waals surface area contributed by atoms with E-state index in [0.29, 0.717) is 21.3 Å². The van der Waals surface area contributed by atoms with Crippen LogP contribution in [0.15, 0.2) is 53.4 Å². The first-order chi connectivity index (χ1) is 12.2. The van der Waals surface area contributed by atoms with Crippen molar-refractivity contribution in [2.75, 3.05) is 0 Å². The third kappa shape index (κ3) is 5.94. The van der Waals surface area contributed by atoms with Gasteiger partial charge in [-0.1, -0.05) is 29.8 Å². The second kappa shape index (κ2) is 8.44.